The zero-order valence-corrected chi connectivity index (χ0v) is 11.0. The van der Waals surface area contributed by atoms with Gasteiger partial charge in [0.25, 0.3) is 0 Å². The van der Waals surface area contributed by atoms with Crippen molar-refractivity contribution in [1.29, 1.82) is 0 Å². The molecule has 0 radical (unpaired) electrons. The number of fused-ring (bicyclic) bond motifs is 1. The summed E-state index contributed by atoms with van der Waals surface area (Å²) >= 11 is 0. The summed E-state index contributed by atoms with van der Waals surface area (Å²) in [5.41, 5.74) is 6.88. The van der Waals surface area contributed by atoms with Gasteiger partial charge in [0.15, 0.2) is 11.6 Å². The van der Waals surface area contributed by atoms with E-state index in [4.69, 9.17) is 10.5 Å². The number of methoxy groups -OCH3 is 1. The topological polar surface area (TPSA) is 53.1 Å². The lowest BCUT2D eigenvalue weighted by Crippen LogP contribution is -2.26. The molecule has 0 aliphatic rings. The Morgan fingerprint density at radius 1 is 1.37 bits per heavy atom. The highest BCUT2D eigenvalue weighted by Crippen LogP contribution is 2.21. The van der Waals surface area contributed by atoms with Crippen molar-refractivity contribution in [3.8, 4) is 0 Å². The predicted molar refractivity (Wildman–Crippen MR) is 68.6 cm³/mol. The number of ether oxygens (including phenoxy) is 1. The van der Waals surface area contributed by atoms with Crippen molar-refractivity contribution in [2.45, 2.75) is 32.5 Å². The summed E-state index contributed by atoms with van der Waals surface area (Å²) in [7, 11) is 1.55. The maximum absolute atomic E-state index is 13.4. The van der Waals surface area contributed by atoms with E-state index in [2.05, 4.69) is 4.98 Å². The molecule has 4 nitrogen and oxygen atoms in total. The molecule has 2 N–H and O–H groups in total. The van der Waals surface area contributed by atoms with Gasteiger partial charge in [-0.15, -0.1) is 0 Å². The Morgan fingerprint density at radius 2 is 2.05 bits per heavy atom. The molecule has 6 heteroatoms. The molecule has 0 bridgehead atoms. The van der Waals surface area contributed by atoms with Crippen molar-refractivity contribution >= 4 is 11.0 Å². The van der Waals surface area contributed by atoms with E-state index in [-0.39, 0.29) is 12.6 Å². The minimum absolute atomic E-state index is 0.0684. The van der Waals surface area contributed by atoms with Crippen LogP contribution in [0.4, 0.5) is 8.78 Å². The van der Waals surface area contributed by atoms with Crippen LogP contribution < -0.4 is 5.73 Å². The molecule has 0 spiro atoms. The zero-order valence-electron chi connectivity index (χ0n) is 11.0. The average Bonchev–Trinajstić information content (AvgIpc) is 2.68. The van der Waals surface area contributed by atoms with Gasteiger partial charge in [-0.1, -0.05) is 6.92 Å². The number of hydrogen-bond donors (Lipinski definition) is 1. The maximum atomic E-state index is 13.4. The third-order valence-electron chi connectivity index (χ3n) is 3.08. The van der Waals surface area contributed by atoms with Crippen LogP contribution in [0, 0.1) is 11.6 Å². The summed E-state index contributed by atoms with van der Waals surface area (Å²) in [6.07, 6.45) is 0.787. The molecule has 1 unspecified atom stereocenters. The lowest BCUT2D eigenvalue weighted by Gasteiger charge is -2.13. The fourth-order valence-corrected chi connectivity index (χ4v) is 1.98. The first-order valence-electron chi connectivity index (χ1n) is 6.15. The summed E-state index contributed by atoms with van der Waals surface area (Å²) in [5, 5.41) is 0. The van der Waals surface area contributed by atoms with Crippen LogP contribution in [0.2, 0.25) is 0 Å². The summed E-state index contributed by atoms with van der Waals surface area (Å²) in [4.78, 5) is 4.27. The number of halogens is 2. The molecular formula is C13H17F2N3O. The quantitative estimate of drug-likeness (QED) is 0.905. The molecule has 1 heterocycles. The lowest BCUT2D eigenvalue weighted by molar-refractivity contribution is 0.174. The molecule has 2 aromatic rings. The van der Waals surface area contributed by atoms with E-state index in [1.807, 2.05) is 6.92 Å². The Kier molecular flexibility index (Phi) is 4.11. The fourth-order valence-electron chi connectivity index (χ4n) is 1.98. The highest BCUT2D eigenvalue weighted by atomic mass is 19.2. The lowest BCUT2D eigenvalue weighted by atomic mass is 10.2. The molecule has 0 aliphatic heterocycles. The van der Waals surface area contributed by atoms with Crippen molar-refractivity contribution in [2.75, 3.05) is 7.11 Å². The molecule has 0 saturated carbocycles. The van der Waals surface area contributed by atoms with Crippen LogP contribution in [-0.2, 0) is 17.9 Å². The summed E-state index contributed by atoms with van der Waals surface area (Å²) in [6, 6.07) is 2.18. The first-order valence-corrected chi connectivity index (χ1v) is 6.15. The Hall–Kier alpha value is -1.53. The fraction of sp³-hybridized carbons (Fsp3) is 0.462. The van der Waals surface area contributed by atoms with Gasteiger partial charge >= 0.3 is 0 Å². The summed E-state index contributed by atoms with van der Waals surface area (Å²) in [5.74, 6) is -1.17. The smallest absolute Gasteiger partial charge is 0.161 e. The number of aromatic nitrogens is 2. The predicted octanol–water partition coefficient (Wildman–Crippen LogP) is 2.20. The van der Waals surface area contributed by atoms with Gasteiger partial charge in [0, 0.05) is 31.8 Å². The van der Waals surface area contributed by atoms with Crippen molar-refractivity contribution in [3.05, 3.63) is 29.6 Å². The standard InChI is InChI=1S/C13H17F2N3O/c1-3-8(16)6-18-12-5-10(15)9(14)4-11(12)17-13(18)7-19-2/h4-5,8H,3,6-7,16H2,1-2H3. The second-order valence-corrected chi connectivity index (χ2v) is 4.50. The van der Waals surface area contributed by atoms with E-state index < -0.39 is 11.6 Å². The van der Waals surface area contributed by atoms with E-state index in [0.717, 1.165) is 18.6 Å². The second kappa shape index (κ2) is 5.63. The van der Waals surface area contributed by atoms with Gasteiger partial charge in [-0.2, -0.15) is 0 Å². The molecule has 1 atom stereocenters. The number of benzene rings is 1. The highest BCUT2D eigenvalue weighted by molar-refractivity contribution is 5.76. The largest absolute Gasteiger partial charge is 0.377 e. The molecule has 0 amide bonds. The molecule has 19 heavy (non-hydrogen) atoms. The van der Waals surface area contributed by atoms with Gasteiger partial charge in [0.05, 0.1) is 11.0 Å². The van der Waals surface area contributed by atoms with Crippen LogP contribution in [0.5, 0.6) is 0 Å². The third-order valence-corrected chi connectivity index (χ3v) is 3.08. The van der Waals surface area contributed by atoms with Gasteiger partial charge in [-0.25, -0.2) is 13.8 Å². The van der Waals surface area contributed by atoms with Crippen LogP contribution in [-0.4, -0.2) is 22.7 Å². The Morgan fingerprint density at radius 3 is 2.68 bits per heavy atom. The number of imidazole rings is 1. The molecule has 104 valence electrons. The van der Waals surface area contributed by atoms with Gasteiger partial charge in [-0.05, 0) is 6.42 Å². The average molecular weight is 269 g/mol. The maximum Gasteiger partial charge on any atom is 0.161 e. The van der Waals surface area contributed by atoms with Crippen molar-refractivity contribution < 1.29 is 13.5 Å². The molecule has 0 aliphatic carbocycles. The number of hydrogen-bond acceptors (Lipinski definition) is 3. The second-order valence-electron chi connectivity index (χ2n) is 4.50. The van der Waals surface area contributed by atoms with Gasteiger partial charge < -0.3 is 15.0 Å². The first-order chi connectivity index (χ1) is 9.06. The Bertz CT molecular complexity index is 583. The Balaban J connectivity index is 2.55. The number of nitrogens with zero attached hydrogens (tertiary/aromatic N) is 2. The first kappa shape index (κ1) is 13.9. The molecular weight excluding hydrogens is 252 g/mol. The highest BCUT2D eigenvalue weighted by Gasteiger charge is 2.15. The normalized spacial score (nSPS) is 13.1. The minimum Gasteiger partial charge on any atom is -0.377 e. The van der Waals surface area contributed by atoms with Gasteiger partial charge in [0.1, 0.15) is 12.4 Å². The summed E-state index contributed by atoms with van der Waals surface area (Å²) < 4.78 is 33.4. The monoisotopic (exact) mass is 269 g/mol. The SMILES string of the molecule is CCC(N)Cn1c(COC)nc2cc(F)c(F)cc21. The van der Waals surface area contributed by atoms with Gasteiger partial charge in [-0.3, -0.25) is 0 Å². The molecule has 0 saturated heterocycles. The van der Waals surface area contributed by atoms with E-state index >= 15 is 0 Å². The number of nitrogens with two attached hydrogens (primary N) is 1. The van der Waals surface area contributed by atoms with Crippen LogP contribution in [0.15, 0.2) is 12.1 Å². The van der Waals surface area contributed by atoms with E-state index in [1.165, 1.54) is 0 Å². The van der Waals surface area contributed by atoms with Crippen LogP contribution in [0.1, 0.15) is 19.2 Å². The third kappa shape index (κ3) is 2.74. The van der Waals surface area contributed by atoms with Gasteiger partial charge in [0.2, 0.25) is 0 Å². The zero-order chi connectivity index (χ0) is 14.0. The molecule has 1 aromatic heterocycles. The van der Waals surface area contributed by atoms with Crippen molar-refractivity contribution in [2.24, 2.45) is 5.73 Å². The van der Waals surface area contributed by atoms with E-state index in [0.29, 0.717) is 23.4 Å². The van der Waals surface area contributed by atoms with Crippen LogP contribution in [0.25, 0.3) is 11.0 Å². The summed E-state index contributed by atoms with van der Waals surface area (Å²) in [6.45, 7) is 2.74. The van der Waals surface area contributed by atoms with Crippen molar-refractivity contribution in [1.82, 2.24) is 9.55 Å². The van der Waals surface area contributed by atoms with Crippen LogP contribution in [0.3, 0.4) is 0 Å². The van der Waals surface area contributed by atoms with Crippen LogP contribution >= 0.6 is 0 Å². The molecule has 1 aromatic carbocycles. The number of rotatable bonds is 5. The van der Waals surface area contributed by atoms with E-state index in [1.54, 1.807) is 11.7 Å². The molecule has 0 fully saturated rings. The van der Waals surface area contributed by atoms with Crippen molar-refractivity contribution in [3.63, 3.8) is 0 Å². The van der Waals surface area contributed by atoms with E-state index in [9.17, 15) is 8.78 Å². The minimum atomic E-state index is -0.902. The molecule has 2 rings (SSSR count). The Labute approximate surface area is 110 Å².